The average molecular weight is 270 g/mol. The van der Waals surface area contributed by atoms with Gasteiger partial charge in [0.1, 0.15) is 19.0 Å². The maximum Gasteiger partial charge on any atom is 0.146 e. The first kappa shape index (κ1) is 14.7. The van der Waals surface area contributed by atoms with Crippen molar-refractivity contribution in [3.63, 3.8) is 0 Å². The fourth-order valence-electron chi connectivity index (χ4n) is 1.73. The first-order valence-corrected chi connectivity index (χ1v) is 6.61. The van der Waals surface area contributed by atoms with Gasteiger partial charge in [-0.05, 0) is 12.0 Å². The molecule has 19 heavy (non-hydrogen) atoms. The lowest BCUT2D eigenvalue weighted by molar-refractivity contribution is -0.119. The van der Waals surface area contributed by atoms with Gasteiger partial charge in [0.25, 0.3) is 0 Å². The number of methoxy groups -OCH3 is 1. The Morgan fingerprint density at radius 1 is 1.37 bits per heavy atom. The molecular weight excluding hydrogens is 248 g/mol. The van der Waals surface area contributed by atoms with E-state index in [-0.39, 0.29) is 19.0 Å². The highest BCUT2D eigenvalue weighted by atomic mass is 16.7. The molecule has 0 aromatic carbocycles. The van der Waals surface area contributed by atoms with Gasteiger partial charge in [-0.2, -0.15) is 0 Å². The molecule has 1 heterocycles. The maximum atomic E-state index is 5.64. The number of hydrogen-bond acceptors (Lipinski definition) is 5. The Morgan fingerprint density at radius 3 is 2.89 bits per heavy atom. The van der Waals surface area contributed by atoms with Crippen LogP contribution in [0.2, 0.25) is 0 Å². The zero-order valence-corrected chi connectivity index (χ0v) is 11.4. The molecule has 2 atom stereocenters. The largest absolute Gasteiger partial charge is 0.376 e. The van der Waals surface area contributed by atoms with Crippen molar-refractivity contribution in [3.05, 3.63) is 23.8 Å². The minimum Gasteiger partial charge on any atom is -0.376 e. The second-order valence-electron chi connectivity index (χ2n) is 4.62. The molecule has 2 unspecified atom stereocenters. The summed E-state index contributed by atoms with van der Waals surface area (Å²) < 4.78 is 26.7. The SMILES string of the molecule is COCOC(COCC1=CCC=C1)COCC1CO1. The summed E-state index contributed by atoms with van der Waals surface area (Å²) in [5.41, 5.74) is 1.22. The molecule has 0 spiro atoms. The van der Waals surface area contributed by atoms with Gasteiger partial charge in [0.2, 0.25) is 0 Å². The van der Waals surface area contributed by atoms with Crippen LogP contribution in [0.15, 0.2) is 23.8 Å². The Morgan fingerprint density at radius 2 is 2.21 bits per heavy atom. The summed E-state index contributed by atoms with van der Waals surface area (Å²) in [7, 11) is 1.60. The number of allylic oxidation sites excluding steroid dienone is 2. The van der Waals surface area contributed by atoms with Crippen LogP contribution >= 0.6 is 0 Å². The van der Waals surface area contributed by atoms with Gasteiger partial charge in [-0.25, -0.2) is 0 Å². The highest BCUT2D eigenvalue weighted by Gasteiger charge is 2.23. The van der Waals surface area contributed by atoms with E-state index in [1.165, 1.54) is 5.57 Å². The van der Waals surface area contributed by atoms with E-state index in [0.717, 1.165) is 13.0 Å². The fourth-order valence-corrected chi connectivity index (χ4v) is 1.73. The van der Waals surface area contributed by atoms with Crippen molar-refractivity contribution >= 4 is 0 Å². The molecule has 0 saturated carbocycles. The van der Waals surface area contributed by atoms with Gasteiger partial charge in [-0.3, -0.25) is 0 Å². The standard InChI is InChI=1S/C14H22O5/c1-15-11-19-13(8-17-9-14-10-18-14)7-16-6-12-4-2-3-5-12/h2,4-5,13-14H,3,6-11H2,1H3. The lowest BCUT2D eigenvalue weighted by atomic mass is 10.3. The summed E-state index contributed by atoms with van der Waals surface area (Å²) in [6, 6.07) is 0. The number of ether oxygens (including phenoxy) is 5. The van der Waals surface area contributed by atoms with Crippen molar-refractivity contribution in [1.29, 1.82) is 0 Å². The van der Waals surface area contributed by atoms with Gasteiger partial charge in [-0.15, -0.1) is 0 Å². The van der Waals surface area contributed by atoms with E-state index in [1.807, 2.05) is 0 Å². The van der Waals surface area contributed by atoms with Crippen LogP contribution in [0.5, 0.6) is 0 Å². The summed E-state index contributed by atoms with van der Waals surface area (Å²) in [4.78, 5) is 0. The molecule has 0 aromatic heterocycles. The van der Waals surface area contributed by atoms with E-state index in [9.17, 15) is 0 Å². The van der Waals surface area contributed by atoms with Crippen LogP contribution in [0.25, 0.3) is 0 Å². The molecule has 5 heteroatoms. The molecule has 0 radical (unpaired) electrons. The predicted octanol–water partition coefficient (Wildman–Crippen LogP) is 1.29. The Labute approximate surface area is 114 Å². The summed E-state index contributed by atoms with van der Waals surface area (Å²) in [6.45, 7) is 3.30. The summed E-state index contributed by atoms with van der Waals surface area (Å²) in [6.07, 6.45) is 7.54. The van der Waals surface area contributed by atoms with E-state index >= 15 is 0 Å². The minimum absolute atomic E-state index is 0.107. The van der Waals surface area contributed by atoms with Crippen molar-refractivity contribution in [3.8, 4) is 0 Å². The van der Waals surface area contributed by atoms with E-state index < -0.39 is 0 Å². The second kappa shape index (κ2) is 8.45. The van der Waals surface area contributed by atoms with E-state index in [4.69, 9.17) is 23.7 Å². The summed E-state index contributed by atoms with van der Waals surface area (Å²) in [5, 5.41) is 0. The highest BCUT2D eigenvalue weighted by Crippen LogP contribution is 2.10. The van der Waals surface area contributed by atoms with Gasteiger partial charge in [-0.1, -0.05) is 18.2 Å². The van der Waals surface area contributed by atoms with Gasteiger partial charge in [0.15, 0.2) is 0 Å². The zero-order valence-electron chi connectivity index (χ0n) is 11.4. The van der Waals surface area contributed by atoms with Crippen LogP contribution < -0.4 is 0 Å². The van der Waals surface area contributed by atoms with Gasteiger partial charge in [0.05, 0.1) is 33.0 Å². The average Bonchev–Trinajstić information content (AvgIpc) is 3.09. The van der Waals surface area contributed by atoms with Crippen molar-refractivity contribution < 1.29 is 23.7 Å². The third-order valence-corrected chi connectivity index (χ3v) is 2.85. The van der Waals surface area contributed by atoms with Gasteiger partial charge < -0.3 is 23.7 Å². The van der Waals surface area contributed by atoms with Crippen molar-refractivity contribution in [2.45, 2.75) is 18.6 Å². The molecule has 2 rings (SSSR count). The van der Waals surface area contributed by atoms with Crippen molar-refractivity contribution in [2.75, 3.05) is 46.9 Å². The molecule has 1 fully saturated rings. The maximum absolute atomic E-state index is 5.64. The molecule has 1 aliphatic heterocycles. The van der Waals surface area contributed by atoms with Crippen molar-refractivity contribution in [1.82, 2.24) is 0 Å². The number of rotatable bonds is 11. The van der Waals surface area contributed by atoms with E-state index in [0.29, 0.717) is 26.4 Å². The lowest BCUT2D eigenvalue weighted by Crippen LogP contribution is -2.27. The zero-order chi connectivity index (χ0) is 13.3. The van der Waals surface area contributed by atoms with Gasteiger partial charge >= 0.3 is 0 Å². The number of epoxide rings is 1. The van der Waals surface area contributed by atoms with Crippen LogP contribution in [0.1, 0.15) is 6.42 Å². The molecule has 1 aliphatic carbocycles. The molecule has 0 N–H and O–H groups in total. The van der Waals surface area contributed by atoms with E-state index in [1.54, 1.807) is 7.11 Å². The molecule has 1 saturated heterocycles. The molecule has 108 valence electrons. The molecule has 2 aliphatic rings. The smallest absolute Gasteiger partial charge is 0.146 e. The quantitative estimate of drug-likeness (QED) is 0.418. The topological polar surface area (TPSA) is 49.5 Å². The molecular formula is C14H22O5. The van der Waals surface area contributed by atoms with Crippen LogP contribution in [-0.4, -0.2) is 59.1 Å². The normalized spacial score (nSPS) is 22.6. The van der Waals surface area contributed by atoms with E-state index in [2.05, 4.69) is 18.2 Å². The van der Waals surface area contributed by atoms with Crippen LogP contribution in [-0.2, 0) is 23.7 Å². The Kier molecular flexibility index (Phi) is 6.53. The van der Waals surface area contributed by atoms with Crippen LogP contribution in [0, 0.1) is 0 Å². The lowest BCUT2D eigenvalue weighted by Gasteiger charge is -2.17. The third kappa shape index (κ3) is 6.31. The molecule has 0 bridgehead atoms. The highest BCUT2D eigenvalue weighted by molar-refractivity contribution is 5.26. The van der Waals surface area contributed by atoms with Crippen LogP contribution in [0.4, 0.5) is 0 Å². The Balaban J connectivity index is 1.58. The summed E-state index contributed by atoms with van der Waals surface area (Å²) >= 11 is 0. The van der Waals surface area contributed by atoms with Gasteiger partial charge in [0, 0.05) is 7.11 Å². The Hall–Kier alpha value is -0.720. The van der Waals surface area contributed by atoms with Crippen LogP contribution in [0.3, 0.4) is 0 Å². The molecule has 0 aromatic rings. The summed E-state index contributed by atoms with van der Waals surface area (Å²) in [5.74, 6) is 0. The molecule has 5 nitrogen and oxygen atoms in total. The first-order valence-electron chi connectivity index (χ1n) is 6.61. The Bertz CT molecular complexity index is 309. The predicted molar refractivity (Wildman–Crippen MR) is 70.0 cm³/mol. The second-order valence-corrected chi connectivity index (χ2v) is 4.62. The minimum atomic E-state index is -0.107. The number of hydrogen-bond donors (Lipinski definition) is 0. The monoisotopic (exact) mass is 270 g/mol. The third-order valence-electron chi connectivity index (χ3n) is 2.85. The first-order chi connectivity index (χ1) is 9.38. The van der Waals surface area contributed by atoms with Crippen molar-refractivity contribution in [2.24, 2.45) is 0 Å². The fraction of sp³-hybridized carbons (Fsp3) is 0.714. The molecule has 0 amide bonds.